The van der Waals surface area contributed by atoms with E-state index in [1.807, 2.05) is 30.3 Å². The zero-order valence-electron chi connectivity index (χ0n) is 15.8. The fourth-order valence-electron chi connectivity index (χ4n) is 3.52. The van der Waals surface area contributed by atoms with Crippen molar-refractivity contribution >= 4 is 20.9 Å². The van der Waals surface area contributed by atoms with Gasteiger partial charge in [-0.15, -0.1) is 0 Å². The maximum atomic E-state index is 12.9. The molecule has 5 nitrogen and oxygen atoms in total. The highest BCUT2D eigenvalue weighted by atomic mass is 32.2. The molecule has 1 fully saturated rings. The molecule has 3 aromatic rings. The average Bonchev–Trinajstić information content (AvgIpc) is 2.74. The number of piperidine rings is 1. The summed E-state index contributed by atoms with van der Waals surface area (Å²) in [6.45, 7) is 0.336. The lowest BCUT2D eigenvalue weighted by Gasteiger charge is -2.31. The van der Waals surface area contributed by atoms with Gasteiger partial charge in [-0.2, -0.15) is 17.5 Å². The van der Waals surface area contributed by atoms with Gasteiger partial charge >= 0.3 is 6.18 Å². The molecule has 158 valence electrons. The second kappa shape index (κ2) is 7.88. The molecule has 9 heteroatoms. The van der Waals surface area contributed by atoms with Gasteiger partial charge in [0, 0.05) is 24.7 Å². The van der Waals surface area contributed by atoms with Gasteiger partial charge in [-0.25, -0.2) is 8.42 Å². The average molecular weight is 436 g/mol. The van der Waals surface area contributed by atoms with Crippen LogP contribution >= 0.6 is 0 Å². The monoisotopic (exact) mass is 436 g/mol. The molecule has 1 saturated heterocycles. The molecule has 1 aliphatic rings. The van der Waals surface area contributed by atoms with E-state index in [0.29, 0.717) is 24.7 Å². The van der Waals surface area contributed by atoms with Crippen LogP contribution in [-0.2, 0) is 16.2 Å². The van der Waals surface area contributed by atoms with Crippen molar-refractivity contribution in [2.24, 2.45) is 0 Å². The number of nitrogens with zero attached hydrogens (tertiary/aromatic N) is 2. The molecule has 0 radical (unpaired) electrons. The molecule has 1 aliphatic heterocycles. The molecule has 0 atom stereocenters. The number of hydrogen-bond acceptors (Lipinski definition) is 4. The number of hydrogen-bond donors (Lipinski definition) is 0. The summed E-state index contributed by atoms with van der Waals surface area (Å²) in [4.78, 5) is 3.99. The number of rotatable bonds is 4. The number of alkyl halides is 3. The molecule has 0 N–H and O–H groups in total. The van der Waals surface area contributed by atoms with Gasteiger partial charge in [0.05, 0.1) is 10.5 Å². The SMILES string of the molecule is O=S(=O)(c1cccc(C(F)(F)F)c1)N1CCC(Oc2cccc3cccnc23)CC1. The summed E-state index contributed by atoms with van der Waals surface area (Å²) in [5.74, 6) is 0.632. The number of fused-ring (bicyclic) bond motifs is 1. The zero-order valence-corrected chi connectivity index (χ0v) is 16.7. The standard InChI is InChI=1S/C21H19F3N2O3S/c22-21(23,24)16-6-2-7-18(14-16)30(27,28)26-12-9-17(10-13-26)29-19-8-1-4-15-5-3-11-25-20(15)19/h1-8,11,14,17H,9-10,12-13H2. The molecule has 30 heavy (non-hydrogen) atoms. The van der Waals surface area contributed by atoms with E-state index in [4.69, 9.17) is 4.74 Å². The van der Waals surface area contributed by atoms with Crippen LogP contribution in [0.3, 0.4) is 0 Å². The van der Waals surface area contributed by atoms with Crippen LogP contribution in [0.2, 0.25) is 0 Å². The molecule has 2 heterocycles. The lowest BCUT2D eigenvalue weighted by Crippen LogP contribution is -2.41. The van der Waals surface area contributed by atoms with Crippen molar-refractivity contribution in [3.05, 3.63) is 66.4 Å². The molecule has 0 bridgehead atoms. The lowest BCUT2D eigenvalue weighted by molar-refractivity contribution is -0.137. The number of benzene rings is 2. The lowest BCUT2D eigenvalue weighted by atomic mass is 10.1. The van der Waals surface area contributed by atoms with Crippen LogP contribution in [0.25, 0.3) is 10.9 Å². The van der Waals surface area contributed by atoms with Crippen molar-refractivity contribution in [1.82, 2.24) is 9.29 Å². The van der Waals surface area contributed by atoms with Crippen LogP contribution in [0, 0.1) is 0 Å². The van der Waals surface area contributed by atoms with E-state index in [9.17, 15) is 21.6 Å². The third-order valence-corrected chi connectivity index (χ3v) is 6.98. The smallest absolute Gasteiger partial charge is 0.416 e. The van der Waals surface area contributed by atoms with E-state index in [2.05, 4.69) is 4.98 Å². The van der Waals surface area contributed by atoms with E-state index in [1.54, 1.807) is 6.20 Å². The van der Waals surface area contributed by atoms with Crippen LogP contribution in [0.1, 0.15) is 18.4 Å². The Morgan fingerprint density at radius 1 is 1.00 bits per heavy atom. The third-order valence-electron chi connectivity index (χ3n) is 5.09. The summed E-state index contributed by atoms with van der Waals surface area (Å²) < 4.78 is 71.7. The number of halogens is 3. The predicted molar refractivity (Wildman–Crippen MR) is 106 cm³/mol. The van der Waals surface area contributed by atoms with Gasteiger partial charge in [0.15, 0.2) is 0 Å². The van der Waals surface area contributed by atoms with Crippen LogP contribution < -0.4 is 4.74 Å². The van der Waals surface area contributed by atoms with Crippen LogP contribution in [0.15, 0.2) is 65.7 Å². The highest BCUT2D eigenvalue weighted by Crippen LogP contribution is 2.32. The van der Waals surface area contributed by atoms with Crippen molar-refractivity contribution in [2.45, 2.75) is 30.0 Å². The maximum absolute atomic E-state index is 12.9. The Morgan fingerprint density at radius 3 is 2.43 bits per heavy atom. The number of pyridine rings is 1. The van der Waals surface area contributed by atoms with Gasteiger partial charge in [-0.3, -0.25) is 4.98 Å². The van der Waals surface area contributed by atoms with E-state index in [-0.39, 0.29) is 24.1 Å². The van der Waals surface area contributed by atoms with Gasteiger partial charge in [0.25, 0.3) is 0 Å². The van der Waals surface area contributed by atoms with Crippen molar-refractivity contribution in [3.63, 3.8) is 0 Å². The Balaban J connectivity index is 1.46. The number of sulfonamides is 1. The summed E-state index contributed by atoms with van der Waals surface area (Å²) in [6, 6.07) is 13.2. The molecule has 1 aromatic heterocycles. The summed E-state index contributed by atoms with van der Waals surface area (Å²) in [6.07, 6.45) is -2.26. The normalized spacial score (nSPS) is 16.6. The van der Waals surface area contributed by atoms with Crippen molar-refractivity contribution in [1.29, 1.82) is 0 Å². The summed E-state index contributed by atoms with van der Waals surface area (Å²) in [5.41, 5.74) is -0.246. The van der Waals surface area contributed by atoms with Crippen molar-refractivity contribution in [2.75, 3.05) is 13.1 Å². The second-order valence-electron chi connectivity index (χ2n) is 7.08. The van der Waals surface area contributed by atoms with E-state index in [0.717, 1.165) is 23.0 Å². The Hall–Kier alpha value is -2.65. The zero-order chi connectivity index (χ0) is 21.4. The van der Waals surface area contributed by atoms with E-state index < -0.39 is 21.8 Å². The molecule has 0 aliphatic carbocycles. The molecule has 4 rings (SSSR count). The minimum absolute atomic E-state index is 0.168. The highest BCUT2D eigenvalue weighted by molar-refractivity contribution is 7.89. The van der Waals surface area contributed by atoms with Crippen molar-refractivity contribution < 1.29 is 26.3 Å². The Morgan fingerprint density at radius 2 is 1.70 bits per heavy atom. The first-order valence-corrected chi connectivity index (χ1v) is 10.9. The van der Waals surface area contributed by atoms with Gasteiger partial charge in [0.2, 0.25) is 10.0 Å². The topological polar surface area (TPSA) is 59.5 Å². The van der Waals surface area contributed by atoms with Crippen LogP contribution in [-0.4, -0.2) is 36.9 Å². The van der Waals surface area contributed by atoms with Gasteiger partial charge in [-0.05, 0) is 43.2 Å². The summed E-state index contributed by atoms with van der Waals surface area (Å²) in [7, 11) is -4.01. The quantitative estimate of drug-likeness (QED) is 0.605. The Labute approximate surface area is 172 Å². The highest BCUT2D eigenvalue weighted by Gasteiger charge is 2.34. The minimum atomic E-state index is -4.60. The number of aromatic nitrogens is 1. The van der Waals surface area contributed by atoms with Gasteiger partial charge < -0.3 is 4.74 Å². The molecule has 2 aromatic carbocycles. The number of ether oxygens (including phenoxy) is 1. The fourth-order valence-corrected chi connectivity index (χ4v) is 5.04. The summed E-state index contributed by atoms with van der Waals surface area (Å²) >= 11 is 0. The van der Waals surface area contributed by atoms with E-state index >= 15 is 0 Å². The molecule has 0 spiro atoms. The van der Waals surface area contributed by atoms with Gasteiger partial charge in [-0.1, -0.05) is 24.3 Å². The molecular formula is C21H19F3N2O3S. The third kappa shape index (κ3) is 4.13. The Bertz CT molecular complexity index is 1150. The van der Waals surface area contributed by atoms with Crippen LogP contribution in [0.4, 0.5) is 13.2 Å². The number of para-hydroxylation sites is 1. The van der Waals surface area contributed by atoms with Gasteiger partial charge in [0.1, 0.15) is 17.4 Å². The van der Waals surface area contributed by atoms with Crippen molar-refractivity contribution in [3.8, 4) is 5.75 Å². The first kappa shape index (κ1) is 20.6. The maximum Gasteiger partial charge on any atom is 0.416 e. The molecule has 0 unspecified atom stereocenters. The molecule has 0 amide bonds. The second-order valence-corrected chi connectivity index (χ2v) is 9.02. The largest absolute Gasteiger partial charge is 0.488 e. The summed E-state index contributed by atoms with van der Waals surface area (Å²) in [5, 5.41) is 0.944. The first-order chi connectivity index (χ1) is 14.2. The first-order valence-electron chi connectivity index (χ1n) is 9.43. The fraction of sp³-hybridized carbons (Fsp3) is 0.286. The molecule has 0 saturated carbocycles. The van der Waals surface area contributed by atoms with E-state index in [1.165, 1.54) is 10.4 Å². The molecular weight excluding hydrogens is 417 g/mol. The minimum Gasteiger partial charge on any atom is -0.488 e. The van der Waals surface area contributed by atoms with Crippen LogP contribution in [0.5, 0.6) is 5.75 Å². The predicted octanol–water partition coefficient (Wildman–Crippen LogP) is 4.49. The Kier molecular flexibility index (Phi) is 5.42.